The Bertz CT molecular complexity index is 284. The fourth-order valence-electron chi connectivity index (χ4n) is 2.17. The van der Waals surface area contributed by atoms with Crippen molar-refractivity contribution < 1.29 is 14.3 Å². The summed E-state index contributed by atoms with van der Waals surface area (Å²) in [6, 6.07) is -0.444. The molecule has 6 heteroatoms. The lowest BCUT2D eigenvalue weighted by Crippen LogP contribution is -2.47. The van der Waals surface area contributed by atoms with Gasteiger partial charge in [-0.25, -0.2) is 4.79 Å². The van der Waals surface area contributed by atoms with Gasteiger partial charge in [0.25, 0.3) is 0 Å². The van der Waals surface area contributed by atoms with Crippen LogP contribution in [0.15, 0.2) is 0 Å². The number of urea groups is 1. The molecule has 2 fully saturated rings. The van der Waals surface area contributed by atoms with Crippen LogP contribution in [0.1, 0.15) is 25.7 Å². The number of nitrogens with one attached hydrogen (secondary N) is 3. The molecule has 0 radical (unpaired) electrons. The van der Waals surface area contributed by atoms with Crippen LogP contribution in [-0.2, 0) is 9.53 Å². The summed E-state index contributed by atoms with van der Waals surface area (Å²) in [5.74, 6) is -0.228. The maximum atomic E-state index is 11.7. The molecule has 2 heterocycles. The Hall–Kier alpha value is -1.14. The van der Waals surface area contributed by atoms with Gasteiger partial charge in [-0.05, 0) is 38.8 Å². The molecule has 2 aliphatic heterocycles. The van der Waals surface area contributed by atoms with Crippen LogP contribution < -0.4 is 16.0 Å². The van der Waals surface area contributed by atoms with Crippen LogP contribution in [0.25, 0.3) is 0 Å². The zero-order valence-corrected chi connectivity index (χ0v) is 9.83. The molecule has 3 N–H and O–H groups in total. The van der Waals surface area contributed by atoms with Gasteiger partial charge in [0, 0.05) is 12.5 Å². The maximum absolute atomic E-state index is 11.7. The van der Waals surface area contributed by atoms with Crippen molar-refractivity contribution in [2.45, 2.75) is 31.9 Å². The molecular weight excluding hydrogens is 222 g/mol. The number of imide groups is 1. The zero-order chi connectivity index (χ0) is 12.1. The van der Waals surface area contributed by atoms with Crippen molar-refractivity contribution in [1.29, 1.82) is 0 Å². The summed E-state index contributed by atoms with van der Waals surface area (Å²) in [7, 11) is 0. The minimum Gasteiger partial charge on any atom is -0.358 e. The van der Waals surface area contributed by atoms with Gasteiger partial charge in [0.2, 0.25) is 5.91 Å². The van der Waals surface area contributed by atoms with E-state index in [9.17, 15) is 9.59 Å². The first kappa shape index (κ1) is 12.3. The standard InChI is InChI=1S/C11H19N3O3/c15-10(8-3-5-12-6-4-8)14-11(16)13-9-2-1-7-17-9/h8-9,12H,1-7H2,(H2,13,14,15,16). The van der Waals surface area contributed by atoms with Crippen molar-refractivity contribution in [3.05, 3.63) is 0 Å². The highest BCUT2D eigenvalue weighted by Crippen LogP contribution is 2.11. The summed E-state index contributed by atoms with van der Waals surface area (Å²) in [5.41, 5.74) is 0. The van der Waals surface area contributed by atoms with Gasteiger partial charge >= 0.3 is 6.03 Å². The minimum atomic E-state index is -0.444. The summed E-state index contributed by atoms with van der Waals surface area (Å²) < 4.78 is 5.26. The Morgan fingerprint density at radius 3 is 2.59 bits per heavy atom. The molecular formula is C11H19N3O3. The third-order valence-corrected chi connectivity index (χ3v) is 3.17. The van der Waals surface area contributed by atoms with Crippen LogP contribution in [0.2, 0.25) is 0 Å². The molecule has 6 nitrogen and oxygen atoms in total. The summed E-state index contributed by atoms with van der Waals surface area (Å²) in [4.78, 5) is 23.3. The van der Waals surface area contributed by atoms with Gasteiger partial charge in [-0.3, -0.25) is 10.1 Å². The van der Waals surface area contributed by atoms with E-state index in [2.05, 4.69) is 16.0 Å². The number of rotatable bonds is 2. The third-order valence-electron chi connectivity index (χ3n) is 3.17. The van der Waals surface area contributed by atoms with Gasteiger partial charge < -0.3 is 15.4 Å². The van der Waals surface area contributed by atoms with Crippen LogP contribution in [0.3, 0.4) is 0 Å². The van der Waals surface area contributed by atoms with Gasteiger partial charge in [-0.2, -0.15) is 0 Å². The molecule has 0 aliphatic carbocycles. The highest BCUT2D eigenvalue weighted by molar-refractivity contribution is 5.95. The Kier molecular flexibility index (Phi) is 4.33. The van der Waals surface area contributed by atoms with E-state index in [0.717, 1.165) is 38.8 Å². The summed E-state index contributed by atoms with van der Waals surface area (Å²) in [6.07, 6.45) is 3.11. The highest BCUT2D eigenvalue weighted by atomic mass is 16.5. The van der Waals surface area contributed by atoms with Crippen LogP contribution in [0.5, 0.6) is 0 Å². The van der Waals surface area contributed by atoms with Crippen molar-refractivity contribution >= 4 is 11.9 Å². The molecule has 0 bridgehead atoms. The van der Waals surface area contributed by atoms with Crippen molar-refractivity contribution in [2.75, 3.05) is 19.7 Å². The molecule has 96 valence electrons. The maximum Gasteiger partial charge on any atom is 0.323 e. The number of ether oxygens (including phenoxy) is 1. The summed E-state index contributed by atoms with van der Waals surface area (Å²) >= 11 is 0. The summed E-state index contributed by atoms with van der Waals surface area (Å²) in [6.45, 7) is 2.35. The van der Waals surface area contributed by atoms with E-state index in [-0.39, 0.29) is 18.1 Å². The van der Waals surface area contributed by atoms with Crippen molar-refractivity contribution in [3.8, 4) is 0 Å². The van der Waals surface area contributed by atoms with Crippen LogP contribution >= 0.6 is 0 Å². The van der Waals surface area contributed by atoms with E-state index in [1.807, 2.05) is 0 Å². The molecule has 1 unspecified atom stereocenters. The Labute approximate surface area is 100 Å². The van der Waals surface area contributed by atoms with Gasteiger partial charge in [-0.1, -0.05) is 0 Å². The number of hydrogen-bond acceptors (Lipinski definition) is 4. The zero-order valence-electron chi connectivity index (χ0n) is 9.83. The van der Waals surface area contributed by atoms with Crippen molar-refractivity contribution in [2.24, 2.45) is 5.92 Å². The lowest BCUT2D eigenvalue weighted by Gasteiger charge is -2.21. The topological polar surface area (TPSA) is 79.5 Å². The Morgan fingerprint density at radius 2 is 1.94 bits per heavy atom. The first-order valence-electron chi connectivity index (χ1n) is 6.19. The van der Waals surface area contributed by atoms with Crippen molar-refractivity contribution in [3.63, 3.8) is 0 Å². The minimum absolute atomic E-state index is 0.0495. The van der Waals surface area contributed by atoms with E-state index >= 15 is 0 Å². The lowest BCUT2D eigenvalue weighted by atomic mass is 9.97. The molecule has 0 aromatic rings. The molecule has 0 aromatic heterocycles. The molecule has 17 heavy (non-hydrogen) atoms. The van der Waals surface area contributed by atoms with E-state index < -0.39 is 6.03 Å². The van der Waals surface area contributed by atoms with Gasteiger partial charge in [0.15, 0.2) is 0 Å². The van der Waals surface area contributed by atoms with Gasteiger partial charge in [0.05, 0.1) is 0 Å². The Balaban J connectivity index is 1.71. The lowest BCUT2D eigenvalue weighted by molar-refractivity contribution is -0.124. The van der Waals surface area contributed by atoms with E-state index in [0.29, 0.717) is 6.61 Å². The average Bonchev–Trinajstić information content (AvgIpc) is 2.82. The van der Waals surface area contributed by atoms with Gasteiger partial charge in [-0.15, -0.1) is 0 Å². The molecule has 2 rings (SSSR count). The monoisotopic (exact) mass is 241 g/mol. The quantitative estimate of drug-likeness (QED) is 0.633. The van der Waals surface area contributed by atoms with E-state index in [1.54, 1.807) is 0 Å². The first-order chi connectivity index (χ1) is 8.25. The largest absolute Gasteiger partial charge is 0.358 e. The SMILES string of the molecule is O=C(NC(=O)C1CCNCC1)NC1CCCO1. The van der Waals surface area contributed by atoms with Crippen molar-refractivity contribution in [1.82, 2.24) is 16.0 Å². The van der Waals surface area contributed by atoms with Crippen LogP contribution in [0.4, 0.5) is 4.79 Å². The molecule has 0 aromatic carbocycles. The van der Waals surface area contributed by atoms with Crippen LogP contribution in [-0.4, -0.2) is 37.9 Å². The number of carbonyl (C=O) groups excluding carboxylic acids is 2. The smallest absolute Gasteiger partial charge is 0.323 e. The fraction of sp³-hybridized carbons (Fsp3) is 0.818. The molecule has 1 atom stereocenters. The predicted octanol–water partition coefficient (Wildman–Crippen LogP) is -0.0517. The Morgan fingerprint density at radius 1 is 1.18 bits per heavy atom. The van der Waals surface area contributed by atoms with Gasteiger partial charge in [0.1, 0.15) is 6.23 Å². The van der Waals surface area contributed by atoms with E-state index in [1.165, 1.54) is 0 Å². The molecule has 2 aliphatic rings. The molecule has 2 saturated heterocycles. The second kappa shape index (κ2) is 5.97. The molecule has 0 saturated carbocycles. The third kappa shape index (κ3) is 3.67. The number of amides is 3. The number of hydrogen-bond donors (Lipinski definition) is 3. The molecule has 0 spiro atoms. The first-order valence-corrected chi connectivity index (χ1v) is 6.19. The number of carbonyl (C=O) groups is 2. The second-order valence-electron chi connectivity index (χ2n) is 4.49. The average molecular weight is 241 g/mol. The highest BCUT2D eigenvalue weighted by Gasteiger charge is 2.24. The second-order valence-corrected chi connectivity index (χ2v) is 4.49. The number of piperidine rings is 1. The predicted molar refractivity (Wildman–Crippen MR) is 61.2 cm³/mol. The summed E-state index contributed by atoms with van der Waals surface area (Å²) in [5, 5.41) is 8.20. The van der Waals surface area contributed by atoms with Crippen LogP contribution in [0, 0.1) is 5.92 Å². The molecule has 3 amide bonds. The normalized spacial score (nSPS) is 25.5. The van der Waals surface area contributed by atoms with E-state index in [4.69, 9.17) is 4.74 Å². The fourth-order valence-corrected chi connectivity index (χ4v) is 2.17.